The predicted octanol–water partition coefficient (Wildman–Crippen LogP) is 16.0. The topological polar surface area (TPSA) is 25.8 Å². The Labute approximate surface area is 379 Å². The molecule has 0 spiro atoms. The van der Waals surface area contributed by atoms with Crippen LogP contribution in [0.1, 0.15) is 22.3 Å². The summed E-state index contributed by atoms with van der Waals surface area (Å²) >= 11 is 0. The van der Waals surface area contributed by atoms with Gasteiger partial charge in [-0.3, -0.25) is 0 Å². The molecule has 0 unspecified atom stereocenters. The quantitative estimate of drug-likeness (QED) is 0.152. The molecule has 0 atom stereocenters. The fraction of sp³-hybridized carbons (Fsp3) is 0.0159. The molecule has 1 aromatic heterocycles. The Balaban J connectivity index is 0.942. The van der Waals surface area contributed by atoms with E-state index in [1.165, 1.54) is 72.1 Å². The Morgan fingerprint density at radius 1 is 0.246 bits per heavy atom. The van der Waals surface area contributed by atoms with Gasteiger partial charge in [-0.15, -0.1) is 0 Å². The molecule has 304 valence electrons. The summed E-state index contributed by atoms with van der Waals surface area (Å²) in [5.74, 6) is 0.710. The van der Waals surface area contributed by atoms with Crippen LogP contribution in [0.25, 0.3) is 89.2 Å². The molecule has 0 aliphatic heterocycles. The average Bonchev–Trinajstić information content (AvgIpc) is 3.69. The van der Waals surface area contributed by atoms with Crippen LogP contribution in [0.3, 0.4) is 0 Å². The number of hydrogen-bond donors (Lipinski definition) is 0. The Morgan fingerprint density at radius 3 is 1.35 bits per heavy atom. The minimum absolute atomic E-state index is 0.448. The van der Waals surface area contributed by atoms with E-state index in [0.717, 1.165) is 33.5 Å². The highest BCUT2D eigenvalue weighted by molar-refractivity contribution is 6.05. The van der Waals surface area contributed by atoms with Gasteiger partial charge in [-0.05, 0) is 102 Å². The van der Waals surface area contributed by atoms with Crippen molar-refractivity contribution < 1.29 is 0 Å². The van der Waals surface area contributed by atoms with E-state index in [4.69, 9.17) is 9.97 Å². The Bertz CT molecular complexity index is 3430. The lowest BCUT2D eigenvalue weighted by molar-refractivity contribution is 0.769. The van der Waals surface area contributed by atoms with Gasteiger partial charge in [0.25, 0.3) is 0 Å². The first-order chi connectivity index (χ1) is 32.2. The van der Waals surface area contributed by atoms with Crippen molar-refractivity contribution in [1.29, 1.82) is 0 Å². The Morgan fingerprint density at radius 2 is 0.692 bits per heavy atom. The largest absolute Gasteiger partial charge is 0.228 e. The molecule has 65 heavy (non-hydrogen) atoms. The van der Waals surface area contributed by atoms with Crippen LogP contribution in [0, 0.1) is 0 Å². The number of nitrogens with zero attached hydrogens (tertiary/aromatic N) is 2. The van der Waals surface area contributed by atoms with Crippen LogP contribution in [0.5, 0.6) is 0 Å². The van der Waals surface area contributed by atoms with Gasteiger partial charge in [0.05, 0.1) is 16.8 Å². The summed E-state index contributed by atoms with van der Waals surface area (Å²) < 4.78 is 0. The third-order valence-corrected chi connectivity index (χ3v) is 13.2. The van der Waals surface area contributed by atoms with Crippen LogP contribution in [-0.2, 0) is 5.41 Å². The van der Waals surface area contributed by atoms with Crippen molar-refractivity contribution in [3.05, 3.63) is 277 Å². The minimum atomic E-state index is -0.448. The van der Waals surface area contributed by atoms with Gasteiger partial charge in [-0.1, -0.05) is 231 Å². The molecular formula is C63H42N2. The van der Waals surface area contributed by atoms with Crippen LogP contribution < -0.4 is 0 Å². The van der Waals surface area contributed by atoms with Gasteiger partial charge in [-0.25, -0.2) is 9.97 Å². The van der Waals surface area contributed by atoms with Crippen LogP contribution >= 0.6 is 0 Å². The van der Waals surface area contributed by atoms with Crippen molar-refractivity contribution in [2.45, 2.75) is 5.41 Å². The normalized spacial score (nSPS) is 12.4. The lowest BCUT2D eigenvalue weighted by Crippen LogP contribution is -2.28. The van der Waals surface area contributed by atoms with Crippen molar-refractivity contribution in [3.8, 4) is 78.4 Å². The molecule has 0 N–H and O–H groups in total. The minimum Gasteiger partial charge on any atom is -0.228 e. The van der Waals surface area contributed by atoms with E-state index >= 15 is 0 Å². The zero-order valence-electron chi connectivity index (χ0n) is 35.6. The van der Waals surface area contributed by atoms with E-state index in [1.807, 2.05) is 24.3 Å². The van der Waals surface area contributed by atoms with Crippen molar-refractivity contribution in [2.24, 2.45) is 0 Å². The fourth-order valence-corrected chi connectivity index (χ4v) is 10.2. The van der Waals surface area contributed by atoms with Crippen molar-refractivity contribution in [3.63, 3.8) is 0 Å². The standard InChI is InChI=1S/C63H42N2/c1-5-19-43(20-6-1)60-42-61(65-62(64-60)44-21-7-2-8-22-44)57-38-37-52(53-31-13-14-32-54(53)57)49-26-18-25-47(40-49)45-23-17-24-46(39-45)48-35-36-56-55-33-15-16-34-58(55)63(59(56)41-48,50-27-9-3-10-28-50)51-29-11-4-12-30-51/h1-42H. The summed E-state index contributed by atoms with van der Waals surface area (Å²) in [6.07, 6.45) is 0. The lowest BCUT2D eigenvalue weighted by atomic mass is 9.67. The van der Waals surface area contributed by atoms with Gasteiger partial charge in [-0.2, -0.15) is 0 Å². The molecular weight excluding hydrogens is 785 g/mol. The zero-order chi connectivity index (χ0) is 43.2. The smallest absolute Gasteiger partial charge is 0.160 e. The van der Waals surface area contributed by atoms with Crippen molar-refractivity contribution >= 4 is 10.8 Å². The van der Waals surface area contributed by atoms with E-state index < -0.39 is 5.41 Å². The average molecular weight is 827 g/mol. The number of fused-ring (bicyclic) bond motifs is 4. The second-order valence-electron chi connectivity index (χ2n) is 16.8. The van der Waals surface area contributed by atoms with E-state index in [9.17, 15) is 0 Å². The van der Waals surface area contributed by atoms with Gasteiger partial charge in [0.1, 0.15) is 0 Å². The van der Waals surface area contributed by atoms with Crippen molar-refractivity contribution in [2.75, 3.05) is 0 Å². The van der Waals surface area contributed by atoms with E-state index in [2.05, 4.69) is 231 Å². The second-order valence-corrected chi connectivity index (χ2v) is 16.8. The highest BCUT2D eigenvalue weighted by Gasteiger charge is 2.46. The first kappa shape index (κ1) is 38.2. The predicted molar refractivity (Wildman–Crippen MR) is 269 cm³/mol. The van der Waals surface area contributed by atoms with Gasteiger partial charge in [0, 0.05) is 16.7 Å². The van der Waals surface area contributed by atoms with Gasteiger partial charge < -0.3 is 0 Å². The third kappa shape index (κ3) is 6.58. The Hall–Kier alpha value is -8.46. The molecule has 11 aromatic rings. The maximum Gasteiger partial charge on any atom is 0.160 e. The van der Waals surface area contributed by atoms with E-state index in [-0.39, 0.29) is 0 Å². The summed E-state index contributed by atoms with van der Waals surface area (Å²) in [6, 6.07) is 92.0. The van der Waals surface area contributed by atoms with Gasteiger partial charge in [0.2, 0.25) is 0 Å². The summed E-state index contributed by atoms with van der Waals surface area (Å²) in [7, 11) is 0. The van der Waals surface area contributed by atoms with Gasteiger partial charge >= 0.3 is 0 Å². The summed E-state index contributed by atoms with van der Waals surface area (Å²) in [5.41, 5.74) is 19.3. The highest BCUT2D eigenvalue weighted by Crippen LogP contribution is 2.56. The monoisotopic (exact) mass is 826 g/mol. The molecule has 2 heteroatoms. The molecule has 0 saturated heterocycles. The molecule has 0 saturated carbocycles. The van der Waals surface area contributed by atoms with Crippen LogP contribution in [0.4, 0.5) is 0 Å². The SMILES string of the molecule is c1ccc(-c2cc(-c3ccc(-c4cccc(-c5cccc(-c6ccc7c(c6)C(c6ccccc6)(c6ccccc6)c6ccccc6-7)c5)c4)c4ccccc34)nc(-c3ccccc3)n2)cc1. The van der Waals surface area contributed by atoms with E-state index in [1.54, 1.807) is 0 Å². The van der Waals surface area contributed by atoms with E-state index in [0.29, 0.717) is 5.82 Å². The fourth-order valence-electron chi connectivity index (χ4n) is 10.2. The first-order valence-electron chi connectivity index (χ1n) is 22.3. The molecule has 12 rings (SSSR count). The molecule has 10 aromatic carbocycles. The van der Waals surface area contributed by atoms with Crippen LogP contribution in [-0.4, -0.2) is 9.97 Å². The molecule has 0 amide bonds. The van der Waals surface area contributed by atoms with Crippen LogP contribution in [0.15, 0.2) is 255 Å². The molecule has 2 nitrogen and oxygen atoms in total. The third-order valence-electron chi connectivity index (χ3n) is 13.2. The second kappa shape index (κ2) is 16.0. The summed E-state index contributed by atoms with van der Waals surface area (Å²) in [5, 5.41) is 2.33. The van der Waals surface area contributed by atoms with Gasteiger partial charge in [0.15, 0.2) is 5.82 Å². The maximum atomic E-state index is 5.20. The number of rotatable bonds is 8. The number of aromatic nitrogens is 2. The maximum absolute atomic E-state index is 5.20. The van der Waals surface area contributed by atoms with Crippen molar-refractivity contribution in [1.82, 2.24) is 9.97 Å². The molecule has 0 fully saturated rings. The zero-order valence-corrected chi connectivity index (χ0v) is 35.6. The molecule has 1 aliphatic rings. The number of benzene rings is 10. The molecule has 0 bridgehead atoms. The van der Waals surface area contributed by atoms with Crippen LogP contribution in [0.2, 0.25) is 0 Å². The lowest BCUT2D eigenvalue weighted by Gasteiger charge is -2.34. The Kier molecular flexibility index (Phi) is 9.43. The summed E-state index contributed by atoms with van der Waals surface area (Å²) in [4.78, 5) is 10.2. The summed E-state index contributed by atoms with van der Waals surface area (Å²) in [6.45, 7) is 0. The molecule has 0 radical (unpaired) electrons. The molecule has 1 aliphatic carbocycles. The molecule has 1 heterocycles. The number of hydrogen-bond acceptors (Lipinski definition) is 2. The first-order valence-corrected chi connectivity index (χ1v) is 22.3. The highest BCUT2D eigenvalue weighted by atomic mass is 14.9.